The lowest BCUT2D eigenvalue weighted by atomic mass is 9.83. The Morgan fingerprint density at radius 1 is 1.14 bits per heavy atom. The van der Waals surface area contributed by atoms with E-state index in [1.807, 2.05) is 19.1 Å². The summed E-state index contributed by atoms with van der Waals surface area (Å²) in [4.78, 5) is 0. The third kappa shape index (κ3) is 4.91. The van der Waals surface area contributed by atoms with Gasteiger partial charge in [-0.3, -0.25) is 0 Å². The van der Waals surface area contributed by atoms with Crippen LogP contribution < -0.4 is 5.73 Å². The molecule has 0 aliphatic carbocycles. The van der Waals surface area contributed by atoms with Crippen LogP contribution in [0.5, 0.6) is 0 Å². The molecule has 122 valence electrons. The zero-order valence-corrected chi connectivity index (χ0v) is 15.5. The van der Waals surface area contributed by atoms with Gasteiger partial charge in [-0.15, -0.1) is 0 Å². The Balaban J connectivity index is 3.29. The van der Waals surface area contributed by atoms with Crippen molar-refractivity contribution in [3.63, 3.8) is 0 Å². The Kier molecular flexibility index (Phi) is 7.22. The maximum Gasteiger partial charge on any atom is 0.0314 e. The van der Waals surface area contributed by atoms with Crippen LogP contribution in [-0.2, 0) is 0 Å². The summed E-state index contributed by atoms with van der Waals surface area (Å²) in [7, 11) is 0. The molecule has 0 saturated heterocycles. The highest BCUT2D eigenvalue weighted by molar-refractivity contribution is 6.29. The standard InChI is InChI=1S/C20H30ClN/c1-7-13(2)14(3)12-20(16(5)15(4)17(6)21)18-8-10-19(22)11-9-18/h8-14,16H,7,22H2,1-6H3. The number of nitrogens with two attached hydrogens (primary N) is 1. The van der Waals surface area contributed by atoms with Crippen LogP contribution in [0.1, 0.15) is 53.5 Å². The lowest BCUT2D eigenvalue weighted by molar-refractivity contribution is 0.446. The highest BCUT2D eigenvalue weighted by Crippen LogP contribution is 2.34. The van der Waals surface area contributed by atoms with Gasteiger partial charge in [0.2, 0.25) is 0 Å². The molecule has 0 radical (unpaired) electrons. The summed E-state index contributed by atoms with van der Waals surface area (Å²) in [5.74, 6) is 1.49. The van der Waals surface area contributed by atoms with Crippen molar-refractivity contribution >= 4 is 22.9 Å². The molecule has 0 heterocycles. The van der Waals surface area contributed by atoms with Gasteiger partial charge in [0.15, 0.2) is 0 Å². The van der Waals surface area contributed by atoms with Crippen LogP contribution in [0, 0.1) is 17.8 Å². The van der Waals surface area contributed by atoms with E-state index < -0.39 is 0 Å². The molecular formula is C20H30ClN. The third-order valence-electron chi connectivity index (χ3n) is 4.89. The van der Waals surface area contributed by atoms with Gasteiger partial charge in [0, 0.05) is 16.6 Å². The normalized spacial score (nSPS) is 17.7. The van der Waals surface area contributed by atoms with Crippen LogP contribution in [0.15, 0.2) is 40.9 Å². The molecule has 0 bridgehead atoms. The van der Waals surface area contributed by atoms with E-state index in [1.54, 1.807) is 0 Å². The number of benzene rings is 1. The first-order chi connectivity index (χ1) is 10.3. The molecule has 1 aromatic carbocycles. The lowest BCUT2D eigenvalue weighted by Gasteiger charge is -2.22. The van der Waals surface area contributed by atoms with Crippen LogP contribution >= 0.6 is 11.6 Å². The van der Waals surface area contributed by atoms with Gasteiger partial charge < -0.3 is 5.73 Å². The van der Waals surface area contributed by atoms with Gasteiger partial charge in [0.1, 0.15) is 0 Å². The lowest BCUT2D eigenvalue weighted by Crippen LogP contribution is -2.08. The molecular weight excluding hydrogens is 290 g/mol. The number of hydrogen-bond acceptors (Lipinski definition) is 1. The van der Waals surface area contributed by atoms with Gasteiger partial charge in [-0.05, 0) is 49.0 Å². The summed E-state index contributed by atoms with van der Waals surface area (Å²) < 4.78 is 0. The monoisotopic (exact) mass is 319 g/mol. The van der Waals surface area contributed by atoms with Crippen molar-refractivity contribution in [3.05, 3.63) is 46.5 Å². The summed E-state index contributed by atoms with van der Waals surface area (Å²) in [6.45, 7) is 13.2. The van der Waals surface area contributed by atoms with Crippen LogP contribution in [0.25, 0.3) is 5.57 Å². The van der Waals surface area contributed by atoms with E-state index in [0.717, 1.165) is 10.7 Å². The molecule has 1 aromatic rings. The van der Waals surface area contributed by atoms with E-state index in [4.69, 9.17) is 17.3 Å². The van der Waals surface area contributed by atoms with Crippen LogP contribution in [0.4, 0.5) is 5.69 Å². The van der Waals surface area contributed by atoms with Crippen molar-refractivity contribution in [1.82, 2.24) is 0 Å². The molecule has 0 spiro atoms. The average Bonchev–Trinajstić information content (AvgIpc) is 2.50. The molecule has 1 nitrogen and oxygen atoms in total. The zero-order chi connectivity index (χ0) is 16.9. The third-order valence-corrected chi connectivity index (χ3v) is 5.19. The fraction of sp³-hybridized carbons (Fsp3) is 0.500. The Morgan fingerprint density at radius 3 is 2.14 bits per heavy atom. The van der Waals surface area contributed by atoms with Crippen molar-refractivity contribution in [1.29, 1.82) is 0 Å². The molecule has 2 heteroatoms. The minimum absolute atomic E-state index is 0.299. The quantitative estimate of drug-likeness (QED) is 0.595. The molecule has 0 amide bonds. The van der Waals surface area contributed by atoms with E-state index in [2.05, 4.69) is 52.8 Å². The van der Waals surface area contributed by atoms with Crippen molar-refractivity contribution in [2.75, 3.05) is 5.73 Å². The molecule has 22 heavy (non-hydrogen) atoms. The van der Waals surface area contributed by atoms with E-state index in [9.17, 15) is 0 Å². The summed E-state index contributed by atoms with van der Waals surface area (Å²) in [5, 5.41) is 0.880. The van der Waals surface area contributed by atoms with Gasteiger partial charge in [-0.1, -0.05) is 69.5 Å². The Labute approximate surface area is 141 Å². The second kappa shape index (κ2) is 8.43. The van der Waals surface area contributed by atoms with E-state index in [1.165, 1.54) is 23.1 Å². The van der Waals surface area contributed by atoms with Gasteiger partial charge in [0.05, 0.1) is 0 Å². The van der Waals surface area contributed by atoms with Gasteiger partial charge in [-0.2, -0.15) is 0 Å². The highest BCUT2D eigenvalue weighted by atomic mass is 35.5. The van der Waals surface area contributed by atoms with Crippen molar-refractivity contribution < 1.29 is 0 Å². The average molecular weight is 320 g/mol. The molecule has 0 aliphatic heterocycles. The Hall–Kier alpha value is -1.21. The fourth-order valence-corrected chi connectivity index (χ4v) is 2.68. The number of allylic oxidation sites excluding steroid dienone is 4. The zero-order valence-electron chi connectivity index (χ0n) is 14.8. The summed E-state index contributed by atoms with van der Waals surface area (Å²) >= 11 is 6.24. The first kappa shape index (κ1) is 18.8. The minimum atomic E-state index is 0.299. The molecule has 1 rings (SSSR count). The van der Waals surface area contributed by atoms with Crippen molar-refractivity contribution in [2.45, 2.75) is 48.0 Å². The minimum Gasteiger partial charge on any atom is -0.399 e. The molecule has 2 N–H and O–H groups in total. The van der Waals surface area contributed by atoms with Crippen LogP contribution in [0.2, 0.25) is 0 Å². The number of rotatable bonds is 6. The van der Waals surface area contributed by atoms with E-state index >= 15 is 0 Å². The predicted octanol–water partition coefficient (Wildman–Crippen LogP) is 6.50. The highest BCUT2D eigenvalue weighted by Gasteiger charge is 2.17. The molecule has 0 aliphatic rings. The molecule has 3 unspecified atom stereocenters. The first-order valence-electron chi connectivity index (χ1n) is 8.18. The maximum absolute atomic E-state index is 6.24. The number of hydrogen-bond donors (Lipinski definition) is 1. The van der Waals surface area contributed by atoms with E-state index in [-0.39, 0.29) is 0 Å². The topological polar surface area (TPSA) is 26.0 Å². The Morgan fingerprint density at radius 2 is 1.68 bits per heavy atom. The second-order valence-corrected chi connectivity index (χ2v) is 6.99. The molecule has 0 fully saturated rings. The van der Waals surface area contributed by atoms with Crippen LogP contribution in [-0.4, -0.2) is 0 Å². The largest absolute Gasteiger partial charge is 0.399 e. The number of anilines is 1. The van der Waals surface area contributed by atoms with Crippen molar-refractivity contribution in [2.24, 2.45) is 17.8 Å². The molecule has 3 atom stereocenters. The summed E-state index contributed by atoms with van der Waals surface area (Å²) in [5.41, 5.74) is 10.4. The second-order valence-electron chi connectivity index (χ2n) is 6.43. The molecule has 0 saturated carbocycles. The SMILES string of the molecule is CCC(C)C(C)C=C(c1ccc(N)cc1)C(C)C(C)=C(C)Cl. The fourth-order valence-electron chi connectivity index (χ4n) is 2.52. The maximum atomic E-state index is 6.24. The molecule has 0 aromatic heterocycles. The smallest absolute Gasteiger partial charge is 0.0314 e. The summed E-state index contributed by atoms with van der Waals surface area (Å²) in [6, 6.07) is 8.16. The van der Waals surface area contributed by atoms with E-state index in [0.29, 0.717) is 17.8 Å². The predicted molar refractivity (Wildman–Crippen MR) is 101 cm³/mol. The summed E-state index contributed by atoms with van der Waals surface area (Å²) in [6.07, 6.45) is 3.60. The first-order valence-corrected chi connectivity index (χ1v) is 8.56. The number of nitrogen functional groups attached to an aromatic ring is 1. The van der Waals surface area contributed by atoms with Crippen LogP contribution in [0.3, 0.4) is 0 Å². The van der Waals surface area contributed by atoms with Gasteiger partial charge in [-0.25, -0.2) is 0 Å². The number of halogens is 1. The van der Waals surface area contributed by atoms with Crippen molar-refractivity contribution in [3.8, 4) is 0 Å². The Bertz CT molecular complexity index is 535. The van der Waals surface area contributed by atoms with Gasteiger partial charge >= 0.3 is 0 Å². The van der Waals surface area contributed by atoms with Gasteiger partial charge in [0.25, 0.3) is 0 Å².